The van der Waals surface area contributed by atoms with Crippen molar-refractivity contribution >= 4 is 11.6 Å². The molecule has 1 aromatic carbocycles. The number of carbonyl (C=O) groups excluding carboxylic acids is 1. The van der Waals surface area contributed by atoms with E-state index >= 15 is 0 Å². The van der Waals surface area contributed by atoms with Gasteiger partial charge in [-0.1, -0.05) is 19.1 Å². The van der Waals surface area contributed by atoms with Crippen LogP contribution in [0.1, 0.15) is 24.5 Å². The van der Waals surface area contributed by atoms with E-state index in [1.807, 2.05) is 19.1 Å². The van der Waals surface area contributed by atoms with Gasteiger partial charge in [0.2, 0.25) is 5.91 Å². The number of carbonyl (C=O) groups is 1. The number of anilines is 1. The maximum atomic E-state index is 11.6. The van der Waals surface area contributed by atoms with Crippen molar-refractivity contribution in [3.05, 3.63) is 29.3 Å². The minimum absolute atomic E-state index is 0.0721. The zero-order valence-electron chi connectivity index (χ0n) is 10.2. The van der Waals surface area contributed by atoms with Gasteiger partial charge in [0.25, 0.3) is 0 Å². The minimum atomic E-state index is 0.0721. The molecule has 17 heavy (non-hydrogen) atoms. The second-order valence-corrected chi connectivity index (χ2v) is 4.53. The van der Waals surface area contributed by atoms with Crippen LogP contribution in [-0.2, 0) is 17.6 Å². The smallest absolute Gasteiger partial charge is 0.231 e. The first-order valence-corrected chi connectivity index (χ1v) is 5.93. The first-order valence-electron chi connectivity index (χ1n) is 5.93. The molecule has 3 heteroatoms. The molecular formula is C14H16N2O. The lowest BCUT2D eigenvalue weighted by Gasteiger charge is -2.11. The highest BCUT2D eigenvalue weighted by molar-refractivity contribution is 6.00. The Morgan fingerprint density at radius 3 is 2.94 bits per heavy atom. The average Bonchev–Trinajstić information content (AvgIpc) is 2.62. The van der Waals surface area contributed by atoms with Crippen LogP contribution in [0.5, 0.6) is 0 Å². The fraction of sp³-hybridized carbons (Fsp3) is 0.429. The molecule has 1 atom stereocenters. The highest BCUT2D eigenvalue weighted by Crippen LogP contribution is 2.29. The summed E-state index contributed by atoms with van der Waals surface area (Å²) in [6.45, 7) is 2.03. The van der Waals surface area contributed by atoms with Gasteiger partial charge in [-0.2, -0.15) is 5.26 Å². The summed E-state index contributed by atoms with van der Waals surface area (Å²) >= 11 is 0. The molecule has 1 aliphatic heterocycles. The number of hydrogen-bond donors (Lipinski definition) is 0. The topological polar surface area (TPSA) is 44.1 Å². The fourth-order valence-electron chi connectivity index (χ4n) is 2.22. The Morgan fingerprint density at radius 1 is 1.53 bits per heavy atom. The molecule has 0 fully saturated rings. The molecule has 0 aliphatic carbocycles. The Kier molecular flexibility index (Phi) is 3.14. The summed E-state index contributed by atoms with van der Waals surface area (Å²) < 4.78 is 0. The van der Waals surface area contributed by atoms with E-state index in [-0.39, 0.29) is 11.8 Å². The number of amides is 1. The molecule has 0 aromatic heterocycles. The average molecular weight is 228 g/mol. The molecule has 0 radical (unpaired) electrons. The standard InChI is InChI=1S/C14H16N2O/c1-3-10(9-15)6-11-4-5-13-12(7-11)8-14(17)16(13)2/h4-5,7,10H,3,6,8H2,1-2H3. The van der Waals surface area contributed by atoms with Crippen LogP contribution >= 0.6 is 0 Å². The lowest BCUT2D eigenvalue weighted by Crippen LogP contribution is -2.20. The summed E-state index contributed by atoms with van der Waals surface area (Å²) in [4.78, 5) is 13.2. The van der Waals surface area contributed by atoms with Gasteiger partial charge in [-0.05, 0) is 30.0 Å². The Morgan fingerprint density at radius 2 is 2.29 bits per heavy atom. The van der Waals surface area contributed by atoms with Gasteiger partial charge in [-0.25, -0.2) is 0 Å². The van der Waals surface area contributed by atoms with Crippen molar-refractivity contribution in [2.24, 2.45) is 5.92 Å². The maximum absolute atomic E-state index is 11.6. The van der Waals surface area contributed by atoms with Gasteiger partial charge in [-0.3, -0.25) is 4.79 Å². The van der Waals surface area contributed by atoms with Crippen molar-refractivity contribution in [2.75, 3.05) is 11.9 Å². The van der Waals surface area contributed by atoms with Gasteiger partial charge < -0.3 is 4.90 Å². The monoisotopic (exact) mass is 228 g/mol. The summed E-state index contributed by atoms with van der Waals surface area (Å²) in [6, 6.07) is 8.38. The van der Waals surface area contributed by atoms with Crippen LogP contribution in [0.15, 0.2) is 18.2 Å². The summed E-state index contributed by atoms with van der Waals surface area (Å²) in [7, 11) is 1.80. The minimum Gasteiger partial charge on any atom is -0.315 e. The summed E-state index contributed by atoms with van der Waals surface area (Å²) in [6.07, 6.45) is 2.13. The number of nitriles is 1. The zero-order chi connectivity index (χ0) is 12.4. The molecule has 88 valence electrons. The van der Waals surface area contributed by atoms with E-state index in [1.54, 1.807) is 11.9 Å². The van der Waals surface area contributed by atoms with Crippen LogP contribution in [0, 0.1) is 17.2 Å². The number of fused-ring (bicyclic) bond motifs is 1. The summed E-state index contributed by atoms with van der Waals surface area (Å²) in [5.74, 6) is 0.215. The third kappa shape index (κ3) is 2.16. The number of benzene rings is 1. The highest BCUT2D eigenvalue weighted by Gasteiger charge is 2.23. The van der Waals surface area contributed by atoms with Crippen molar-refractivity contribution in [2.45, 2.75) is 26.2 Å². The number of hydrogen-bond acceptors (Lipinski definition) is 2. The first kappa shape index (κ1) is 11.7. The van der Waals surface area contributed by atoms with E-state index in [2.05, 4.69) is 12.1 Å². The molecule has 0 spiro atoms. The molecule has 0 bridgehead atoms. The molecule has 0 saturated carbocycles. The van der Waals surface area contributed by atoms with Crippen molar-refractivity contribution in [3.63, 3.8) is 0 Å². The normalized spacial score (nSPS) is 15.6. The molecule has 1 heterocycles. The van der Waals surface area contributed by atoms with Gasteiger partial charge in [0.1, 0.15) is 0 Å². The lowest BCUT2D eigenvalue weighted by atomic mass is 9.96. The quantitative estimate of drug-likeness (QED) is 0.796. The first-order chi connectivity index (χ1) is 8.15. The predicted octanol–water partition coefficient (Wildman–Crippen LogP) is 2.30. The Bertz CT molecular complexity index is 487. The fourth-order valence-corrected chi connectivity index (χ4v) is 2.22. The van der Waals surface area contributed by atoms with E-state index in [0.717, 1.165) is 29.7 Å². The SMILES string of the molecule is CCC(C#N)Cc1ccc2c(c1)CC(=O)N2C. The molecule has 1 unspecified atom stereocenters. The van der Waals surface area contributed by atoms with Crippen LogP contribution in [-0.4, -0.2) is 13.0 Å². The Labute approximate surface area is 102 Å². The lowest BCUT2D eigenvalue weighted by molar-refractivity contribution is -0.117. The predicted molar refractivity (Wildman–Crippen MR) is 66.7 cm³/mol. The molecule has 3 nitrogen and oxygen atoms in total. The maximum Gasteiger partial charge on any atom is 0.231 e. The summed E-state index contributed by atoms with van der Waals surface area (Å²) in [5, 5.41) is 8.95. The molecule has 1 aromatic rings. The van der Waals surface area contributed by atoms with Crippen molar-refractivity contribution in [1.82, 2.24) is 0 Å². The van der Waals surface area contributed by atoms with E-state index in [0.29, 0.717) is 6.42 Å². The molecular weight excluding hydrogens is 212 g/mol. The second-order valence-electron chi connectivity index (χ2n) is 4.53. The van der Waals surface area contributed by atoms with Crippen molar-refractivity contribution in [3.8, 4) is 6.07 Å². The van der Waals surface area contributed by atoms with Crippen LogP contribution in [0.3, 0.4) is 0 Å². The molecule has 0 N–H and O–H groups in total. The Balaban J connectivity index is 2.22. The van der Waals surface area contributed by atoms with E-state index in [4.69, 9.17) is 5.26 Å². The molecule has 1 aliphatic rings. The van der Waals surface area contributed by atoms with E-state index < -0.39 is 0 Å². The van der Waals surface area contributed by atoms with Gasteiger partial charge in [0.15, 0.2) is 0 Å². The van der Waals surface area contributed by atoms with E-state index in [9.17, 15) is 4.79 Å². The highest BCUT2D eigenvalue weighted by atomic mass is 16.2. The number of nitrogens with zero attached hydrogens (tertiary/aromatic N) is 2. The van der Waals surface area contributed by atoms with Crippen LogP contribution in [0.2, 0.25) is 0 Å². The molecule has 2 rings (SSSR count). The van der Waals surface area contributed by atoms with E-state index in [1.165, 1.54) is 0 Å². The summed E-state index contributed by atoms with van der Waals surface area (Å²) in [5.41, 5.74) is 3.24. The largest absolute Gasteiger partial charge is 0.315 e. The molecule has 1 amide bonds. The molecule has 0 saturated heterocycles. The van der Waals surface area contributed by atoms with Crippen LogP contribution < -0.4 is 4.90 Å². The third-order valence-corrected chi connectivity index (χ3v) is 3.38. The van der Waals surface area contributed by atoms with Gasteiger partial charge in [-0.15, -0.1) is 0 Å². The van der Waals surface area contributed by atoms with Crippen molar-refractivity contribution in [1.29, 1.82) is 5.26 Å². The van der Waals surface area contributed by atoms with Crippen molar-refractivity contribution < 1.29 is 4.79 Å². The number of rotatable bonds is 3. The van der Waals surface area contributed by atoms with Gasteiger partial charge in [0, 0.05) is 12.7 Å². The third-order valence-electron chi connectivity index (χ3n) is 3.38. The second kappa shape index (κ2) is 4.58. The van der Waals surface area contributed by atoms with Crippen LogP contribution in [0.25, 0.3) is 0 Å². The Hall–Kier alpha value is -1.82. The number of likely N-dealkylation sites (N-methyl/N-ethyl adjacent to an activating group) is 1. The van der Waals surface area contributed by atoms with Gasteiger partial charge >= 0.3 is 0 Å². The van der Waals surface area contributed by atoms with Crippen LogP contribution in [0.4, 0.5) is 5.69 Å². The zero-order valence-corrected chi connectivity index (χ0v) is 10.2. The van der Waals surface area contributed by atoms with Gasteiger partial charge in [0.05, 0.1) is 18.4 Å².